The minimum atomic E-state index is 0. The molecule has 0 radical (unpaired) electrons. The number of hydrogen-bond donors (Lipinski definition) is 0. The molecule has 0 atom stereocenters. The van der Waals surface area contributed by atoms with Crippen LogP contribution in [0.2, 0.25) is 0 Å². The summed E-state index contributed by atoms with van der Waals surface area (Å²) in [5.74, 6) is 0. The van der Waals surface area contributed by atoms with Crippen molar-refractivity contribution in [1.82, 2.24) is 0 Å². The Kier molecular flexibility index (Phi) is 2.03. The van der Waals surface area contributed by atoms with Crippen LogP contribution < -0.4 is 0 Å². The van der Waals surface area contributed by atoms with Crippen LogP contribution in [0.15, 0.2) is 24.3 Å². The smallest absolute Gasteiger partial charge is 0 e. The van der Waals surface area contributed by atoms with E-state index >= 15 is 0 Å². The molecule has 0 N–H and O–H groups in total. The van der Waals surface area contributed by atoms with Gasteiger partial charge in [-0.25, -0.2) is 0 Å². The van der Waals surface area contributed by atoms with E-state index < -0.39 is 0 Å². The van der Waals surface area contributed by atoms with E-state index in [4.69, 9.17) is 0 Å². The SMILES string of the molecule is Cc1ccc(C(C)(C)C)cc1.[HH].[HH].[HH].[HH].[HH].[HH].[HH].[HH].[HH]. The van der Waals surface area contributed by atoms with E-state index in [0.29, 0.717) is 0 Å². The molecular weight excluding hydrogens is 132 g/mol. The maximum Gasteiger partial charge on any atom is 0 e. The van der Waals surface area contributed by atoms with Gasteiger partial charge in [0.1, 0.15) is 0 Å². The number of benzene rings is 1. The summed E-state index contributed by atoms with van der Waals surface area (Å²) in [5, 5.41) is 0. The monoisotopic (exact) mass is 166 g/mol. The van der Waals surface area contributed by atoms with Crippen LogP contribution >= 0.6 is 0 Å². The summed E-state index contributed by atoms with van der Waals surface area (Å²) in [5.41, 5.74) is 3.02. The second-order valence-corrected chi connectivity index (χ2v) is 4.12. The van der Waals surface area contributed by atoms with Gasteiger partial charge in [0.2, 0.25) is 0 Å². The van der Waals surface area contributed by atoms with E-state index in [0.717, 1.165) is 0 Å². The molecule has 0 spiro atoms. The highest BCUT2D eigenvalue weighted by molar-refractivity contribution is 5.26. The lowest BCUT2D eigenvalue weighted by Gasteiger charge is -2.18. The first-order valence-electron chi connectivity index (χ1n) is 4.07. The Labute approximate surface area is 82.6 Å². The third-order valence-corrected chi connectivity index (χ3v) is 1.92. The lowest BCUT2D eigenvalue weighted by atomic mass is 9.87. The first-order valence-corrected chi connectivity index (χ1v) is 4.07. The summed E-state index contributed by atoms with van der Waals surface area (Å²) < 4.78 is 0. The van der Waals surface area contributed by atoms with E-state index in [9.17, 15) is 0 Å². The molecule has 0 heteroatoms. The minimum Gasteiger partial charge on any atom is -0.0590 e. The summed E-state index contributed by atoms with van der Waals surface area (Å²) in [7, 11) is 0. The Morgan fingerprint density at radius 1 is 1.00 bits per heavy atom. The van der Waals surface area contributed by atoms with Gasteiger partial charge in [0.25, 0.3) is 0 Å². The molecule has 0 saturated heterocycles. The van der Waals surface area contributed by atoms with Crippen LogP contribution in [0.25, 0.3) is 0 Å². The summed E-state index contributed by atoms with van der Waals surface area (Å²) in [4.78, 5) is 0. The van der Waals surface area contributed by atoms with Gasteiger partial charge in [-0.2, -0.15) is 0 Å². The summed E-state index contributed by atoms with van der Waals surface area (Å²) >= 11 is 0. The molecule has 0 fully saturated rings. The second-order valence-electron chi connectivity index (χ2n) is 4.12. The van der Waals surface area contributed by atoms with E-state index in [-0.39, 0.29) is 18.3 Å². The molecule has 1 aromatic rings. The standard InChI is InChI=1S/C11H16.9H2/c1-9-5-7-10(8-6-9)11(2,3)4;;;;;;;;;/h5-8H,1-4H3;9*1H. The average Bonchev–Trinajstić information content (AvgIpc) is 1.86. The molecule has 0 saturated carbocycles. The number of aryl methyl sites for hydroxylation is 1. The normalized spacial score (nSPS) is 11.6. The highest BCUT2D eigenvalue weighted by atomic mass is 14.2. The fourth-order valence-corrected chi connectivity index (χ4v) is 1.05. The molecule has 1 aromatic carbocycles. The van der Waals surface area contributed by atoms with E-state index in [1.807, 2.05) is 0 Å². The minimum absolute atomic E-state index is 0. The van der Waals surface area contributed by atoms with Gasteiger partial charge in [0.15, 0.2) is 0 Å². The Morgan fingerprint density at radius 2 is 1.45 bits per heavy atom. The van der Waals surface area contributed by atoms with Gasteiger partial charge in [0.05, 0.1) is 0 Å². The molecule has 1 rings (SSSR count). The lowest BCUT2D eigenvalue weighted by molar-refractivity contribution is 0.590. The van der Waals surface area contributed by atoms with Crippen LogP contribution in [0.3, 0.4) is 0 Å². The van der Waals surface area contributed by atoms with Crippen molar-refractivity contribution >= 4 is 0 Å². The molecule has 0 aromatic heterocycles. The Balaban J connectivity index is -0.0000000192. The molecule has 0 unspecified atom stereocenters. The summed E-state index contributed by atoms with van der Waals surface area (Å²) in [6.07, 6.45) is 0. The molecule has 78 valence electrons. The first-order chi connectivity index (χ1) is 5.00. The van der Waals surface area contributed by atoms with Crippen molar-refractivity contribution in [2.75, 3.05) is 0 Å². The van der Waals surface area contributed by atoms with Gasteiger partial charge in [-0.05, 0) is 17.9 Å². The van der Waals surface area contributed by atoms with Crippen LogP contribution in [0, 0.1) is 6.92 Å². The third-order valence-electron chi connectivity index (χ3n) is 1.92. The van der Waals surface area contributed by atoms with Crippen LogP contribution in [-0.2, 0) is 5.41 Å². The van der Waals surface area contributed by atoms with Crippen LogP contribution in [0.1, 0.15) is 44.7 Å². The van der Waals surface area contributed by atoms with Crippen molar-refractivity contribution in [2.45, 2.75) is 33.1 Å². The topological polar surface area (TPSA) is 0 Å². The average molecular weight is 166 g/mol. The van der Waals surface area contributed by atoms with Gasteiger partial charge >= 0.3 is 0 Å². The van der Waals surface area contributed by atoms with Gasteiger partial charge in [0, 0.05) is 12.8 Å². The number of rotatable bonds is 0. The maximum atomic E-state index is 2.23. The molecule has 0 amide bonds. The van der Waals surface area contributed by atoms with Crippen molar-refractivity contribution < 1.29 is 12.8 Å². The van der Waals surface area contributed by atoms with Crippen molar-refractivity contribution in [3.05, 3.63) is 35.4 Å². The third kappa shape index (κ3) is 2.07. The van der Waals surface area contributed by atoms with E-state index in [1.54, 1.807) is 0 Å². The van der Waals surface area contributed by atoms with Gasteiger partial charge in [-0.1, -0.05) is 50.6 Å². The summed E-state index contributed by atoms with van der Waals surface area (Å²) in [6, 6.07) is 8.74. The molecule has 11 heavy (non-hydrogen) atoms. The molecule has 0 aliphatic heterocycles. The quantitative estimate of drug-likeness (QED) is 0.477. The second kappa shape index (κ2) is 2.69. The molecular formula is C11H34. The van der Waals surface area contributed by atoms with Crippen LogP contribution in [0.4, 0.5) is 0 Å². The predicted molar refractivity (Wildman–Crippen MR) is 68.9 cm³/mol. The Morgan fingerprint density at radius 3 is 1.82 bits per heavy atom. The van der Waals surface area contributed by atoms with Gasteiger partial charge in [-0.15, -0.1) is 0 Å². The summed E-state index contributed by atoms with van der Waals surface area (Å²) in [6.45, 7) is 8.82. The lowest BCUT2D eigenvalue weighted by Crippen LogP contribution is -2.10. The van der Waals surface area contributed by atoms with Crippen molar-refractivity contribution in [1.29, 1.82) is 0 Å². The van der Waals surface area contributed by atoms with Crippen molar-refractivity contribution in [2.24, 2.45) is 0 Å². The van der Waals surface area contributed by atoms with Gasteiger partial charge in [-0.3, -0.25) is 0 Å². The molecule has 0 aliphatic rings. The molecule has 0 heterocycles. The first kappa shape index (κ1) is 8.32. The van der Waals surface area contributed by atoms with Crippen LogP contribution in [0.5, 0.6) is 0 Å². The van der Waals surface area contributed by atoms with Crippen molar-refractivity contribution in [3.63, 3.8) is 0 Å². The highest BCUT2D eigenvalue weighted by Crippen LogP contribution is 2.21. The zero-order valence-electron chi connectivity index (χ0n) is 7.81. The van der Waals surface area contributed by atoms with E-state index in [1.165, 1.54) is 11.1 Å². The zero-order chi connectivity index (χ0) is 8.48. The molecule has 0 aliphatic carbocycles. The molecule has 0 nitrogen and oxygen atoms in total. The predicted octanol–water partition coefficient (Wildman–Crippen LogP) is 5.51. The Bertz CT molecular complexity index is 243. The maximum absolute atomic E-state index is 2.23. The van der Waals surface area contributed by atoms with Crippen molar-refractivity contribution in [3.8, 4) is 0 Å². The zero-order valence-corrected chi connectivity index (χ0v) is 7.81. The molecule has 0 bridgehead atoms. The Hall–Kier alpha value is -0.780. The fraction of sp³-hybridized carbons (Fsp3) is 0.455. The fourth-order valence-electron chi connectivity index (χ4n) is 1.05. The number of hydrogen-bond acceptors (Lipinski definition) is 0. The van der Waals surface area contributed by atoms with Gasteiger partial charge < -0.3 is 0 Å². The largest absolute Gasteiger partial charge is 0.0590 e. The van der Waals surface area contributed by atoms with Crippen LogP contribution in [-0.4, -0.2) is 0 Å². The highest BCUT2D eigenvalue weighted by Gasteiger charge is 2.11. The van der Waals surface area contributed by atoms with E-state index in [2.05, 4.69) is 52.0 Å².